The molecule has 3 nitrogen and oxygen atoms in total. The first-order valence-corrected chi connectivity index (χ1v) is 6.88. The van der Waals surface area contributed by atoms with Crippen molar-refractivity contribution in [1.82, 2.24) is 5.32 Å². The van der Waals surface area contributed by atoms with Crippen molar-refractivity contribution in [2.24, 2.45) is 17.6 Å². The average Bonchev–Trinajstić information content (AvgIpc) is 2.14. The molecule has 0 spiro atoms. The molecule has 0 bridgehead atoms. The van der Waals surface area contributed by atoms with E-state index in [0.29, 0.717) is 24.3 Å². The molecule has 2 atom stereocenters. The Morgan fingerprint density at radius 3 is 2.47 bits per heavy atom. The summed E-state index contributed by atoms with van der Waals surface area (Å²) in [4.78, 5) is 11.9. The molecule has 1 rings (SSSR count). The summed E-state index contributed by atoms with van der Waals surface area (Å²) < 4.78 is 0. The Balaban J connectivity index is 2.50. The smallest absolute Gasteiger partial charge is 0.222 e. The molecule has 0 radical (unpaired) electrons. The van der Waals surface area contributed by atoms with Crippen LogP contribution in [-0.4, -0.2) is 17.5 Å². The summed E-state index contributed by atoms with van der Waals surface area (Å²) in [6.45, 7) is 8.30. The fourth-order valence-electron chi connectivity index (χ4n) is 2.81. The molecule has 0 aromatic rings. The summed E-state index contributed by atoms with van der Waals surface area (Å²) in [5.74, 6) is 1.38. The molecule has 0 heterocycles. The van der Waals surface area contributed by atoms with Crippen molar-refractivity contribution < 1.29 is 4.79 Å². The molecule has 0 saturated heterocycles. The summed E-state index contributed by atoms with van der Waals surface area (Å²) >= 11 is 0. The highest BCUT2D eigenvalue weighted by Gasteiger charge is 2.29. The molecular formula is C14H28N2O. The number of nitrogens with one attached hydrogen (secondary N) is 1. The molecule has 1 saturated carbocycles. The van der Waals surface area contributed by atoms with E-state index in [1.165, 1.54) is 19.3 Å². The lowest BCUT2D eigenvalue weighted by molar-refractivity contribution is -0.123. The molecule has 1 aliphatic rings. The van der Waals surface area contributed by atoms with Gasteiger partial charge in [0, 0.05) is 18.0 Å². The van der Waals surface area contributed by atoms with Crippen LogP contribution in [0.5, 0.6) is 0 Å². The van der Waals surface area contributed by atoms with Gasteiger partial charge in [0.15, 0.2) is 0 Å². The first kappa shape index (κ1) is 14.5. The third kappa shape index (κ3) is 5.07. The minimum atomic E-state index is -0.411. The van der Waals surface area contributed by atoms with Gasteiger partial charge in [0.05, 0.1) is 0 Å². The van der Waals surface area contributed by atoms with Crippen molar-refractivity contribution in [3.63, 3.8) is 0 Å². The molecule has 3 N–H and O–H groups in total. The second kappa shape index (κ2) is 5.85. The van der Waals surface area contributed by atoms with Gasteiger partial charge in [-0.25, -0.2) is 0 Å². The Morgan fingerprint density at radius 1 is 1.35 bits per heavy atom. The third-order valence-corrected chi connectivity index (χ3v) is 3.64. The van der Waals surface area contributed by atoms with E-state index in [1.54, 1.807) is 0 Å². The fraction of sp³-hybridized carbons (Fsp3) is 0.929. The Morgan fingerprint density at radius 2 is 1.94 bits per heavy atom. The van der Waals surface area contributed by atoms with Crippen LogP contribution in [0, 0.1) is 11.8 Å². The van der Waals surface area contributed by atoms with Crippen LogP contribution in [0.15, 0.2) is 0 Å². The maximum absolute atomic E-state index is 11.9. The van der Waals surface area contributed by atoms with Crippen molar-refractivity contribution in [2.75, 3.05) is 0 Å². The Kier molecular flexibility index (Phi) is 4.99. The lowest BCUT2D eigenvalue weighted by atomic mass is 9.77. The first-order valence-electron chi connectivity index (χ1n) is 6.88. The van der Waals surface area contributed by atoms with Crippen molar-refractivity contribution in [3.8, 4) is 0 Å². The lowest BCUT2D eigenvalue weighted by Gasteiger charge is -2.35. The number of hydrogen-bond acceptors (Lipinski definition) is 2. The Labute approximate surface area is 106 Å². The highest BCUT2D eigenvalue weighted by molar-refractivity contribution is 5.77. The van der Waals surface area contributed by atoms with E-state index in [2.05, 4.69) is 19.2 Å². The predicted molar refractivity (Wildman–Crippen MR) is 71.6 cm³/mol. The summed E-state index contributed by atoms with van der Waals surface area (Å²) in [7, 11) is 0. The summed E-state index contributed by atoms with van der Waals surface area (Å²) in [5, 5.41) is 3.19. The predicted octanol–water partition coefficient (Wildman–Crippen LogP) is 2.44. The van der Waals surface area contributed by atoms with Crippen molar-refractivity contribution in [2.45, 2.75) is 71.4 Å². The van der Waals surface area contributed by atoms with Crippen LogP contribution in [-0.2, 0) is 4.79 Å². The monoisotopic (exact) mass is 240 g/mol. The van der Waals surface area contributed by atoms with Gasteiger partial charge in [-0.15, -0.1) is 0 Å². The number of carbonyl (C=O) groups is 1. The number of amides is 1. The topological polar surface area (TPSA) is 55.1 Å². The fourth-order valence-corrected chi connectivity index (χ4v) is 2.81. The van der Waals surface area contributed by atoms with Gasteiger partial charge < -0.3 is 11.1 Å². The number of carbonyl (C=O) groups excluding carboxylic acids is 1. The number of rotatable bonds is 4. The van der Waals surface area contributed by atoms with Crippen molar-refractivity contribution in [1.29, 1.82) is 0 Å². The van der Waals surface area contributed by atoms with E-state index < -0.39 is 5.54 Å². The second-order valence-electron chi connectivity index (χ2n) is 6.53. The van der Waals surface area contributed by atoms with Crippen LogP contribution in [0.25, 0.3) is 0 Å². The maximum Gasteiger partial charge on any atom is 0.222 e. The van der Waals surface area contributed by atoms with Crippen LogP contribution in [0.1, 0.15) is 59.8 Å². The Hall–Kier alpha value is -0.570. The Bertz CT molecular complexity index is 255. The normalized spacial score (nSPS) is 26.0. The van der Waals surface area contributed by atoms with E-state index in [9.17, 15) is 4.79 Å². The molecule has 1 aliphatic carbocycles. The van der Waals surface area contributed by atoms with Crippen LogP contribution in [0.3, 0.4) is 0 Å². The van der Waals surface area contributed by atoms with E-state index in [1.807, 2.05) is 13.8 Å². The van der Waals surface area contributed by atoms with Gasteiger partial charge in [-0.2, -0.15) is 0 Å². The molecule has 17 heavy (non-hydrogen) atoms. The zero-order valence-electron chi connectivity index (χ0n) is 11.8. The molecule has 100 valence electrons. The highest BCUT2D eigenvalue weighted by Crippen LogP contribution is 2.30. The average molecular weight is 240 g/mol. The van der Waals surface area contributed by atoms with Gasteiger partial charge in [-0.1, -0.05) is 26.7 Å². The van der Waals surface area contributed by atoms with Gasteiger partial charge in [-0.05, 0) is 38.5 Å². The third-order valence-electron chi connectivity index (χ3n) is 3.64. The summed E-state index contributed by atoms with van der Waals surface area (Å²) in [6.07, 6.45) is 5.32. The van der Waals surface area contributed by atoms with Gasteiger partial charge in [0.1, 0.15) is 0 Å². The summed E-state index contributed by atoms with van der Waals surface area (Å²) in [6, 6.07) is 0.360. The van der Waals surface area contributed by atoms with E-state index in [4.69, 9.17) is 5.73 Å². The minimum Gasteiger partial charge on any atom is -0.353 e. The molecule has 0 aromatic heterocycles. The molecule has 3 heteroatoms. The van der Waals surface area contributed by atoms with Crippen LogP contribution >= 0.6 is 0 Å². The lowest BCUT2D eigenvalue weighted by Crippen LogP contribution is -2.47. The van der Waals surface area contributed by atoms with Gasteiger partial charge >= 0.3 is 0 Å². The minimum absolute atomic E-state index is 0.107. The highest BCUT2D eigenvalue weighted by atomic mass is 16.1. The molecule has 0 aliphatic heterocycles. The molecule has 2 unspecified atom stereocenters. The van der Waals surface area contributed by atoms with Crippen LogP contribution in [0.2, 0.25) is 0 Å². The SMILES string of the molecule is CC(C)C1CCCCC1NC(=O)CC(C)(C)N. The van der Waals surface area contributed by atoms with E-state index >= 15 is 0 Å². The van der Waals surface area contributed by atoms with Gasteiger partial charge in [0.2, 0.25) is 5.91 Å². The second-order valence-corrected chi connectivity index (χ2v) is 6.53. The van der Waals surface area contributed by atoms with Crippen LogP contribution < -0.4 is 11.1 Å². The van der Waals surface area contributed by atoms with Crippen molar-refractivity contribution in [3.05, 3.63) is 0 Å². The quantitative estimate of drug-likeness (QED) is 0.793. The zero-order valence-corrected chi connectivity index (χ0v) is 11.8. The van der Waals surface area contributed by atoms with Crippen LogP contribution in [0.4, 0.5) is 0 Å². The molecule has 0 aromatic carbocycles. The number of hydrogen-bond donors (Lipinski definition) is 2. The van der Waals surface area contributed by atoms with E-state index in [0.717, 1.165) is 6.42 Å². The summed E-state index contributed by atoms with van der Waals surface area (Å²) in [5.41, 5.74) is 5.46. The van der Waals surface area contributed by atoms with Crippen molar-refractivity contribution >= 4 is 5.91 Å². The standard InChI is InChI=1S/C14H28N2O/c1-10(2)11-7-5-6-8-12(11)16-13(17)9-14(3,4)15/h10-12H,5-9,15H2,1-4H3,(H,16,17). The first-order chi connectivity index (χ1) is 7.79. The van der Waals surface area contributed by atoms with Gasteiger partial charge in [0.25, 0.3) is 0 Å². The largest absolute Gasteiger partial charge is 0.353 e. The van der Waals surface area contributed by atoms with E-state index in [-0.39, 0.29) is 5.91 Å². The molecule has 1 amide bonds. The zero-order chi connectivity index (χ0) is 13.1. The van der Waals surface area contributed by atoms with Gasteiger partial charge in [-0.3, -0.25) is 4.79 Å². The number of nitrogens with two attached hydrogens (primary N) is 1. The molecule has 1 fully saturated rings. The molecular weight excluding hydrogens is 212 g/mol. The maximum atomic E-state index is 11.9.